The molecule has 1 aromatic heterocycles. The van der Waals surface area contributed by atoms with Gasteiger partial charge in [-0.25, -0.2) is 0 Å². The van der Waals surface area contributed by atoms with Crippen molar-refractivity contribution in [2.24, 2.45) is 17.6 Å². The molecular formula is C23H29N3O2. The summed E-state index contributed by atoms with van der Waals surface area (Å²) in [5, 5.41) is 0. The lowest BCUT2D eigenvalue weighted by Crippen LogP contribution is -2.42. The third-order valence-corrected chi connectivity index (χ3v) is 5.27. The second kappa shape index (κ2) is 9.11. The lowest BCUT2D eigenvalue weighted by atomic mass is 9.89. The van der Waals surface area contributed by atoms with Crippen LogP contribution >= 0.6 is 0 Å². The van der Waals surface area contributed by atoms with E-state index in [1.165, 1.54) is 0 Å². The molecule has 1 aliphatic rings. The number of likely N-dealkylation sites (tertiary alicyclic amines) is 1. The average Bonchev–Trinajstić information content (AvgIpc) is 2.73. The zero-order valence-corrected chi connectivity index (χ0v) is 16.7. The van der Waals surface area contributed by atoms with Crippen LogP contribution in [0.2, 0.25) is 0 Å². The molecule has 1 fully saturated rings. The highest BCUT2D eigenvalue weighted by Crippen LogP contribution is 2.23. The minimum atomic E-state index is -0.0421. The smallest absolute Gasteiger partial charge is 0.255 e. The van der Waals surface area contributed by atoms with Crippen LogP contribution in [0.1, 0.15) is 49.0 Å². The lowest BCUT2D eigenvalue weighted by Gasteiger charge is -2.32. The maximum absolute atomic E-state index is 12.9. The number of Topliss-reactive ketones (excluding diaryl/α,β-unsaturated/α-hetero) is 1. The molecule has 2 aromatic rings. The Morgan fingerprint density at radius 1 is 1.18 bits per heavy atom. The number of hydrogen-bond donors (Lipinski definition) is 1. The maximum Gasteiger partial charge on any atom is 0.255 e. The van der Waals surface area contributed by atoms with Crippen molar-refractivity contribution in [3.05, 3.63) is 53.7 Å². The van der Waals surface area contributed by atoms with E-state index in [2.05, 4.69) is 18.8 Å². The number of aromatic nitrogens is 1. The van der Waals surface area contributed by atoms with Crippen LogP contribution in [0.15, 0.2) is 42.6 Å². The molecule has 1 saturated heterocycles. The van der Waals surface area contributed by atoms with E-state index in [9.17, 15) is 9.59 Å². The molecule has 1 atom stereocenters. The van der Waals surface area contributed by atoms with Crippen molar-refractivity contribution in [2.45, 2.75) is 39.7 Å². The number of nitrogens with zero attached hydrogens (tertiary/aromatic N) is 2. The Labute approximate surface area is 167 Å². The van der Waals surface area contributed by atoms with E-state index in [1.54, 1.807) is 11.1 Å². The number of hydrogen-bond acceptors (Lipinski definition) is 4. The Kier molecular flexibility index (Phi) is 6.57. The fourth-order valence-corrected chi connectivity index (χ4v) is 3.68. The molecule has 3 rings (SSSR count). The second-order valence-corrected chi connectivity index (χ2v) is 7.99. The number of ketones is 1. The van der Waals surface area contributed by atoms with Gasteiger partial charge in [0.1, 0.15) is 5.78 Å². The molecule has 1 aromatic carbocycles. The van der Waals surface area contributed by atoms with Crippen molar-refractivity contribution in [2.75, 3.05) is 13.1 Å². The molecule has 0 aliphatic carbocycles. The lowest BCUT2D eigenvalue weighted by molar-refractivity contribution is -0.124. The summed E-state index contributed by atoms with van der Waals surface area (Å²) in [6.45, 7) is 5.85. The van der Waals surface area contributed by atoms with Crippen LogP contribution in [0, 0.1) is 11.8 Å². The van der Waals surface area contributed by atoms with Gasteiger partial charge >= 0.3 is 0 Å². The van der Waals surface area contributed by atoms with Gasteiger partial charge in [0.25, 0.3) is 5.91 Å². The predicted molar refractivity (Wildman–Crippen MR) is 111 cm³/mol. The van der Waals surface area contributed by atoms with E-state index in [4.69, 9.17) is 5.73 Å². The van der Waals surface area contributed by atoms with Gasteiger partial charge in [0.15, 0.2) is 0 Å². The molecular weight excluding hydrogens is 350 g/mol. The minimum Gasteiger partial charge on any atom is -0.338 e. The highest BCUT2D eigenvalue weighted by atomic mass is 16.2. The molecule has 5 heteroatoms. The van der Waals surface area contributed by atoms with Crippen molar-refractivity contribution in [3.8, 4) is 11.3 Å². The van der Waals surface area contributed by atoms with Gasteiger partial charge in [-0.1, -0.05) is 38.1 Å². The summed E-state index contributed by atoms with van der Waals surface area (Å²) in [6, 6.07) is 11.6. The van der Waals surface area contributed by atoms with Crippen LogP contribution in [-0.2, 0) is 11.3 Å². The Morgan fingerprint density at radius 3 is 2.54 bits per heavy atom. The van der Waals surface area contributed by atoms with Crippen molar-refractivity contribution in [3.63, 3.8) is 0 Å². The van der Waals surface area contributed by atoms with Crippen LogP contribution in [0.3, 0.4) is 0 Å². The van der Waals surface area contributed by atoms with Gasteiger partial charge in [0, 0.05) is 43.7 Å². The highest BCUT2D eigenvalue weighted by molar-refractivity contribution is 5.94. The first-order chi connectivity index (χ1) is 13.5. The molecule has 0 saturated carbocycles. The van der Waals surface area contributed by atoms with Gasteiger partial charge < -0.3 is 10.6 Å². The summed E-state index contributed by atoms with van der Waals surface area (Å²) in [4.78, 5) is 31.6. The minimum absolute atomic E-state index is 0.0339. The Bertz CT molecular complexity index is 813. The van der Waals surface area contributed by atoms with E-state index in [0.717, 1.165) is 29.7 Å². The SMILES string of the molecule is CC(C)CC(=O)[C@H]1CCCN(C(=O)c2ccc(-c3ccc(CN)cc3)nc2)C1. The van der Waals surface area contributed by atoms with Crippen LogP contribution < -0.4 is 5.73 Å². The van der Waals surface area contributed by atoms with Gasteiger partial charge in [0.2, 0.25) is 0 Å². The summed E-state index contributed by atoms with van der Waals surface area (Å²) < 4.78 is 0. The summed E-state index contributed by atoms with van der Waals surface area (Å²) in [5.41, 5.74) is 9.09. The topological polar surface area (TPSA) is 76.3 Å². The summed E-state index contributed by atoms with van der Waals surface area (Å²) >= 11 is 0. The normalized spacial score (nSPS) is 17.0. The largest absolute Gasteiger partial charge is 0.338 e. The highest BCUT2D eigenvalue weighted by Gasteiger charge is 2.29. The number of piperidine rings is 1. The van der Waals surface area contributed by atoms with E-state index in [0.29, 0.717) is 37.5 Å². The van der Waals surface area contributed by atoms with Crippen LogP contribution in [0.4, 0.5) is 0 Å². The van der Waals surface area contributed by atoms with E-state index >= 15 is 0 Å². The zero-order valence-electron chi connectivity index (χ0n) is 16.7. The molecule has 0 bridgehead atoms. The number of carbonyl (C=O) groups is 2. The number of benzene rings is 1. The van der Waals surface area contributed by atoms with Crippen LogP contribution in [-0.4, -0.2) is 34.7 Å². The van der Waals surface area contributed by atoms with Gasteiger partial charge in [-0.2, -0.15) is 0 Å². The van der Waals surface area contributed by atoms with Gasteiger partial charge in [-0.15, -0.1) is 0 Å². The number of amides is 1. The Balaban J connectivity index is 1.67. The van der Waals surface area contributed by atoms with Crippen LogP contribution in [0.25, 0.3) is 11.3 Å². The quantitative estimate of drug-likeness (QED) is 0.831. The summed E-state index contributed by atoms with van der Waals surface area (Å²) in [7, 11) is 0. The molecule has 2 N–H and O–H groups in total. The first-order valence-electron chi connectivity index (χ1n) is 10.1. The molecule has 1 aliphatic heterocycles. The fourth-order valence-electron chi connectivity index (χ4n) is 3.68. The Morgan fingerprint density at radius 2 is 1.93 bits per heavy atom. The molecule has 28 heavy (non-hydrogen) atoms. The number of rotatable bonds is 6. The number of pyridine rings is 1. The van der Waals surface area contributed by atoms with E-state index in [-0.39, 0.29) is 17.6 Å². The van der Waals surface area contributed by atoms with E-state index in [1.807, 2.05) is 36.4 Å². The standard InChI is InChI=1S/C23H29N3O2/c1-16(2)12-22(27)20-4-3-11-26(15-20)23(28)19-9-10-21(25-14-19)18-7-5-17(13-24)6-8-18/h5-10,14,16,20H,3-4,11-13,15,24H2,1-2H3/t20-/m0/s1. The molecule has 148 valence electrons. The third-order valence-electron chi connectivity index (χ3n) is 5.27. The molecule has 0 unspecified atom stereocenters. The number of carbonyl (C=O) groups excluding carboxylic acids is 2. The summed E-state index contributed by atoms with van der Waals surface area (Å²) in [5.74, 6) is 0.559. The summed E-state index contributed by atoms with van der Waals surface area (Å²) in [6.07, 6.45) is 3.98. The van der Waals surface area contributed by atoms with Crippen molar-refractivity contribution < 1.29 is 9.59 Å². The zero-order chi connectivity index (χ0) is 20.1. The molecule has 5 nitrogen and oxygen atoms in total. The van der Waals surface area contributed by atoms with Crippen molar-refractivity contribution >= 4 is 11.7 Å². The van der Waals surface area contributed by atoms with Gasteiger partial charge in [-0.3, -0.25) is 14.6 Å². The van der Waals surface area contributed by atoms with Gasteiger partial charge in [0.05, 0.1) is 11.3 Å². The van der Waals surface area contributed by atoms with Crippen molar-refractivity contribution in [1.82, 2.24) is 9.88 Å². The second-order valence-electron chi connectivity index (χ2n) is 7.99. The molecule has 1 amide bonds. The van der Waals surface area contributed by atoms with Crippen LogP contribution in [0.5, 0.6) is 0 Å². The Hall–Kier alpha value is -2.53. The first-order valence-corrected chi connectivity index (χ1v) is 10.1. The molecule has 0 spiro atoms. The fraction of sp³-hybridized carbons (Fsp3) is 0.435. The predicted octanol–water partition coefficient (Wildman–Crippen LogP) is 3.67. The number of nitrogens with two attached hydrogens (primary N) is 1. The van der Waals surface area contributed by atoms with Gasteiger partial charge in [-0.05, 0) is 36.5 Å². The third kappa shape index (κ3) is 4.84. The first kappa shape index (κ1) is 20.2. The van der Waals surface area contributed by atoms with Crippen molar-refractivity contribution in [1.29, 1.82) is 0 Å². The molecule has 0 radical (unpaired) electrons. The monoisotopic (exact) mass is 379 g/mol. The molecule has 2 heterocycles. The average molecular weight is 380 g/mol. The maximum atomic E-state index is 12.9. The van der Waals surface area contributed by atoms with E-state index < -0.39 is 0 Å².